The molecule has 0 bridgehead atoms. The predicted octanol–water partition coefficient (Wildman–Crippen LogP) is 1.49. The summed E-state index contributed by atoms with van der Waals surface area (Å²) in [6, 6.07) is 0. The highest BCUT2D eigenvalue weighted by atomic mass is 32.1. The summed E-state index contributed by atoms with van der Waals surface area (Å²) in [6.45, 7) is 5.59. The van der Waals surface area contributed by atoms with E-state index in [0.717, 1.165) is 0 Å². The Bertz CT molecular complexity index is 158. The van der Waals surface area contributed by atoms with Crippen LogP contribution in [0.1, 0.15) is 27.2 Å². The van der Waals surface area contributed by atoms with Gasteiger partial charge in [0.1, 0.15) is 0 Å². The predicted molar refractivity (Wildman–Crippen MR) is 47.9 cm³/mol. The van der Waals surface area contributed by atoms with Crippen LogP contribution in [0.15, 0.2) is 0 Å². The van der Waals surface area contributed by atoms with E-state index in [1.807, 2.05) is 13.8 Å². The summed E-state index contributed by atoms with van der Waals surface area (Å²) in [4.78, 5) is 20.8. The van der Waals surface area contributed by atoms with Crippen LogP contribution in [0.5, 0.6) is 0 Å². The SMILES string of the molecule is CC(CC(C)(C)S)C(=O)C=O. The fraction of sp³-hybridized carbons (Fsp3) is 0.750. The van der Waals surface area contributed by atoms with Gasteiger partial charge in [-0.05, 0) is 6.42 Å². The fourth-order valence-corrected chi connectivity index (χ4v) is 1.24. The Morgan fingerprint density at radius 2 is 2.09 bits per heavy atom. The first-order valence-electron chi connectivity index (χ1n) is 3.58. The molecule has 11 heavy (non-hydrogen) atoms. The van der Waals surface area contributed by atoms with E-state index in [1.165, 1.54) is 0 Å². The Balaban J connectivity index is 3.97. The molecule has 0 fully saturated rings. The second-order valence-electron chi connectivity index (χ2n) is 3.44. The maximum Gasteiger partial charge on any atom is 0.198 e. The van der Waals surface area contributed by atoms with Gasteiger partial charge in [0, 0.05) is 10.7 Å². The normalized spacial score (nSPS) is 14.2. The van der Waals surface area contributed by atoms with Gasteiger partial charge in [0.05, 0.1) is 0 Å². The van der Waals surface area contributed by atoms with Crippen LogP contribution in [0.2, 0.25) is 0 Å². The standard InChI is InChI=1S/C8H14O2S/c1-6(7(10)5-9)4-8(2,3)11/h5-6,11H,4H2,1-3H3. The Kier molecular flexibility index (Phi) is 3.79. The molecule has 0 aromatic rings. The summed E-state index contributed by atoms with van der Waals surface area (Å²) in [6.07, 6.45) is 1.01. The van der Waals surface area contributed by atoms with E-state index in [1.54, 1.807) is 6.92 Å². The smallest absolute Gasteiger partial charge is 0.198 e. The van der Waals surface area contributed by atoms with Crippen molar-refractivity contribution in [3.8, 4) is 0 Å². The molecule has 64 valence electrons. The number of thiol groups is 1. The average Bonchev–Trinajstić information content (AvgIpc) is 1.82. The molecule has 0 rings (SSSR count). The zero-order valence-electron chi connectivity index (χ0n) is 7.13. The van der Waals surface area contributed by atoms with E-state index in [0.29, 0.717) is 12.7 Å². The summed E-state index contributed by atoms with van der Waals surface area (Å²) >= 11 is 4.26. The first kappa shape index (κ1) is 10.7. The van der Waals surface area contributed by atoms with Gasteiger partial charge in [-0.3, -0.25) is 9.59 Å². The highest BCUT2D eigenvalue weighted by Crippen LogP contribution is 2.22. The summed E-state index contributed by atoms with van der Waals surface area (Å²) in [5.41, 5.74) is 0. The van der Waals surface area contributed by atoms with Gasteiger partial charge in [-0.1, -0.05) is 20.8 Å². The van der Waals surface area contributed by atoms with Crippen molar-refractivity contribution in [2.75, 3.05) is 0 Å². The molecule has 0 aliphatic rings. The van der Waals surface area contributed by atoms with Gasteiger partial charge >= 0.3 is 0 Å². The number of aldehydes is 1. The highest BCUT2D eigenvalue weighted by Gasteiger charge is 2.20. The topological polar surface area (TPSA) is 34.1 Å². The summed E-state index contributed by atoms with van der Waals surface area (Å²) in [7, 11) is 0. The van der Waals surface area contributed by atoms with Crippen LogP contribution in [0.25, 0.3) is 0 Å². The monoisotopic (exact) mass is 174 g/mol. The summed E-state index contributed by atoms with van der Waals surface area (Å²) in [5.74, 6) is -0.549. The average molecular weight is 174 g/mol. The molecule has 0 radical (unpaired) electrons. The van der Waals surface area contributed by atoms with Crippen molar-refractivity contribution in [1.82, 2.24) is 0 Å². The summed E-state index contributed by atoms with van der Waals surface area (Å²) < 4.78 is -0.182. The Labute approximate surface area is 72.8 Å². The zero-order chi connectivity index (χ0) is 9.07. The molecule has 1 atom stereocenters. The molecule has 0 N–H and O–H groups in total. The molecule has 0 aromatic carbocycles. The second kappa shape index (κ2) is 3.90. The van der Waals surface area contributed by atoms with E-state index < -0.39 is 0 Å². The quantitative estimate of drug-likeness (QED) is 0.398. The van der Waals surface area contributed by atoms with Gasteiger partial charge < -0.3 is 0 Å². The minimum atomic E-state index is -0.341. The van der Waals surface area contributed by atoms with Crippen molar-refractivity contribution < 1.29 is 9.59 Å². The number of hydrogen-bond acceptors (Lipinski definition) is 3. The Hall–Kier alpha value is -0.310. The second-order valence-corrected chi connectivity index (χ2v) is 4.65. The van der Waals surface area contributed by atoms with Gasteiger partial charge in [-0.25, -0.2) is 0 Å². The number of carbonyl (C=O) groups is 2. The van der Waals surface area contributed by atoms with Gasteiger partial charge in [-0.15, -0.1) is 0 Å². The van der Waals surface area contributed by atoms with Crippen molar-refractivity contribution in [1.29, 1.82) is 0 Å². The molecular weight excluding hydrogens is 160 g/mol. The minimum absolute atomic E-state index is 0.182. The van der Waals surface area contributed by atoms with E-state index >= 15 is 0 Å². The zero-order valence-corrected chi connectivity index (χ0v) is 8.02. The fourth-order valence-electron chi connectivity index (χ4n) is 0.966. The van der Waals surface area contributed by atoms with Gasteiger partial charge in [0.2, 0.25) is 0 Å². The van der Waals surface area contributed by atoms with Crippen LogP contribution < -0.4 is 0 Å². The van der Waals surface area contributed by atoms with Crippen LogP contribution >= 0.6 is 12.6 Å². The third-order valence-electron chi connectivity index (χ3n) is 1.41. The first-order valence-corrected chi connectivity index (χ1v) is 4.03. The molecule has 3 heteroatoms. The number of Topliss-reactive ketones (excluding diaryl/α,β-unsaturated/α-hetero) is 1. The third kappa shape index (κ3) is 5.01. The third-order valence-corrected chi connectivity index (χ3v) is 1.59. The number of hydrogen-bond donors (Lipinski definition) is 1. The number of carbonyl (C=O) groups excluding carboxylic acids is 2. The molecule has 0 heterocycles. The lowest BCUT2D eigenvalue weighted by atomic mass is 9.95. The summed E-state index contributed by atoms with van der Waals surface area (Å²) in [5, 5.41) is 0. The Morgan fingerprint density at radius 3 is 2.36 bits per heavy atom. The van der Waals surface area contributed by atoms with Crippen molar-refractivity contribution in [2.45, 2.75) is 31.9 Å². The van der Waals surface area contributed by atoms with Gasteiger partial charge in [0.15, 0.2) is 12.1 Å². The van der Waals surface area contributed by atoms with Crippen molar-refractivity contribution in [2.24, 2.45) is 5.92 Å². The number of rotatable bonds is 4. The lowest BCUT2D eigenvalue weighted by Gasteiger charge is -2.19. The molecule has 0 saturated carbocycles. The van der Waals surface area contributed by atoms with Crippen molar-refractivity contribution in [3.63, 3.8) is 0 Å². The molecule has 2 nitrogen and oxygen atoms in total. The maximum absolute atomic E-state index is 10.8. The Morgan fingerprint density at radius 1 is 1.64 bits per heavy atom. The molecule has 0 aliphatic carbocycles. The molecule has 0 aliphatic heterocycles. The molecular formula is C8H14O2S. The molecule has 0 spiro atoms. The minimum Gasteiger partial charge on any atom is -0.295 e. The van der Waals surface area contributed by atoms with E-state index in [-0.39, 0.29) is 16.4 Å². The van der Waals surface area contributed by atoms with Crippen LogP contribution in [-0.4, -0.2) is 16.8 Å². The molecule has 1 unspecified atom stereocenters. The van der Waals surface area contributed by atoms with Crippen LogP contribution in [0, 0.1) is 5.92 Å². The lowest BCUT2D eigenvalue weighted by Crippen LogP contribution is -2.21. The lowest BCUT2D eigenvalue weighted by molar-refractivity contribution is -0.132. The molecule has 0 saturated heterocycles. The van der Waals surface area contributed by atoms with Crippen molar-refractivity contribution in [3.05, 3.63) is 0 Å². The van der Waals surface area contributed by atoms with E-state index in [9.17, 15) is 9.59 Å². The molecule has 0 amide bonds. The first-order chi connectivity index (χ1) is 4.87. The van der Waals surface area contributed by atoms with E-state index in [2.05, 4.69) is 12.6 Å². The van der Waals surface area contributed by atoms with Gasteiger partial charge in [-0.2, -0.15) is 12.6 Å². The highest BCUT2D eigenvalue weighted by molar-refractivity contribution is 7.81. The van der Waals surface area contributed by atoms with Crippen LogP contribution in [-0.2, 0) is 9.59 Å². The number of ketones is 1. The molecule has 0 aromatic heterocycles. The van der Waals surface area contributed by atoms with Crippen molar-refractivity contribution >= 4 is 24.7 Å². The maximum atomic E-state index is 10.8. The van der Waals surface area contributed by atoms with Crippen LogP contribution in [0.4, 0.5) is 0 Å². The van der Waals surface area contributed by atoms with E-state index in [4.69, 9.17) is 0 Å². The van der Waals surface area contributed by atoms with Crippen LogP contribution in [0.3, 0.4) is 0 Å². The largest absolute Gasteiger partial charge is 0.295 e. The van der Waals surface area contributed by atoms with Gasteiger partial charge in [0.25, 0.3) is 0 Å².